The molecule has 0 aliphatic rings. The van der Waals surface area contributed by atoms with Crippen molar-refractivity contribution in [2.75, 3.05) is 0 Å². The quantitative estimate of drug-likeness (QED) is 0.602. The summed E-state index contributed by atoms with van der Waals surface area (Å²) in [5.74, 6) is 0. The molecule has 0 spiro atoms. The summed E-state index contributed by atoms with van der Waals surface area (Å²) in [5, 5.41) is 8.61. The van der Waals surface area contributed by atoms with Gasteiger partial charge in [-0.2, -0.15) is 5.10 Å². The third-order valence-electron chi connectivity index (χ3n) is 1.99. The highest BCUT2D eigenvalue weighted by molar-refractivity contribution is 5.81. The molecule has 2 aromatic carbocycles. The first-order valence-corrected chi connectivity index (χ1v) is 4.69. The number of aromatic nitrogens is 3. The topological polar surface area (TPSA) is 41.6 Å². The van der Waals surface area contributed by atoms with Crippen LogP contribution in [0.25, 0.3) is 10.8 Å². The molecule has 3 rings (SSSR count). The first kappa shape index (κ1) is 9.40. The largest absolute Gasteiger partial charge is 0.266 e. The Hall–Kier alpha value is -2.16. The Morgan fingerprint density at radius 3 is 1.60 bits per heavy atom. The molecule has 0 aliphatic heterocycles. The summed E-state index contributed by atoms with van der Waals surface area (Å²) >= 11 is 0. The Kier molecular flexibility index (Phi) is 3.07. The second kappa shape index (κ2) is 4.91. The van der Waals surface area contributed by atoms with Crippen LogP contribution in [0.2, 0.25) is 0 Å². The lowest BCUT2D eigenvalue weighted by Gasteiger charge is -1.92. The number of hydrogen-bond acceptors (Lipinski definition) is 2. The highest BCUT2D eigenvalue weighted by atomic mass is 15.2. The number of benzene rings is 2. The Bertz CT molecular complexity index is 420. The Morgan fingerprint density at radius 1 is 0.800 bits per heavy atom. The third kappa shape index (κ3) is 2.64. The Balaban J connectivity index is 0.000000144. The molecule has 1 N–H and O–H groups in total. The van der Waals surface area contributed by atoms with Gasteiger partial charge in [-0.15, -0.1) is 0 Å². The molecule has 0 unspecified atom stereocenters. The third-order valence-corrected chi connectivity index (χ3v) is 1.99. The maximum atomic E-state index is 3.56. The number of H-pyrrole nitrogens is 1. The van der Waals surface area contributed by atoms with Gasteiger partial charge in [0.1, 0.15) is 12.7 Å². The van der Waals surface area contributed by atoms with Crippen molar-refractivity contribution in [2.24, 2.45) is 0 Å². The van der Waals surface area contributed by atoms with Gasteiger partial charge in [0.15, 0.2) is 0 Å². The van der Waals surface area contributed by atoms with Crippen molar-refractivity contribution in [3.05, 3.63) is 61.2 Å². The second-order valence-corrected chi connectivity index (χ2v) is 3.00. The fourth-order valence-corrected chi connectivity index (χ4v) is 1.30. The van der Waals surface area contributed by atoms with Gasteiger partial charge in [-0.05, 0) is 10.8 Å². The van der Waals surface area contributed by atoms with E-state index in [0.29, 0.717) is 0 Å². The van der Waals surface area contributed by atoms with E-state index >= 15 is 0 Å². The minimum Gasteiger partial charge on any atom is -0.266 e. The van der Waals surface area contributed by atoms with Gasteiger partial charge in [0.2, 0.25) is 0 Å². The van der Waals surface area contributed by atoms with Crippen LogP contribution < -0.4 is 0 Å². The Labute approximate surface area is 87.8 Å². The zero-order chi connectivity index (χ0) is 10.3. The molecule has 15 heavy (non-hydrogen) atoms. The molecule has 0 radical (unpaired) electrons. The lowest BCUT2D eigenvalue weighted by atomic mass is 10.1. The maximum absolute atomic E-state index is 3.56. The van der Waals surface area contributed by atoms with Crippen LogP contribution in [0, 0.1) is 0 Å². The molecule has 0 atom stereocenters. The molecule has 1 aromatic heterocycles. The average molecular weight is 197 g/mol. The molecule has 0 aliphatic carbocycles. The molecule has 0 saturated carbocycles. The van der Waals surface area contributed by atoms with Gasteiger partial charge in [0.25, 0.3) is 0 Å². The predicted molar refractivity (Wildman–Crippen MR) is 60.3 cm³/mol. The van der Waals surface area contributed by atoms with Gasteiger partial charge in [0, 0.05) is 0 Å². The normalized spacial score (nSPS) is 9.33. The minimum absolute atomic E-state index is 1.31. The van der Waals surface area contributed by atoms with E-state index in [-0.39, 0.29) is 0 Å². The summed E-state index contributed by atoms with van der Waals surface area (Å²) in [6.45, 7) is 0. The van der Waals surface area contributed by atoms with Crippen LogP contribution in [0.3, 0.4) is 0 Å². The van der Waals surface area contributed by atoms with Gasteiger partial charge in [-0.25, -0.2) is 4.98 Å². The van der Waals surface area contributed by atoms with Gasteiger partial charge in [-0.1, -0.05) is 48.5 Å². The minimum atomic E-state index is 1.31. The number of nitrogens with zero attached hydrogens (tertiary/aromatic N) is 2. The molecule has 0 bridgehead atoms. The van der Waals surface area contributed by atoms with Crippen molar-refractivity contribution in [2.45, 2.75) is 0 Å². The summed E-state index contributed by atoms with van der Waals surface area (Å²) in [5.41, 5.74) is 0. The van der Waals surface area contributed by atoms with Crippen LogP contribution in [0.4, 0.5) is 0 Å². The van der Waals surface area contributed by atoms with Crippen molar-refractivity contribution >= 4 is 10.8 Å². The smallest absolute Gasteiger partial charge is 0.137 e. The maximum Gasteiger partial charge on any atom is 0.137 e. The summed E-state index contributed by atoms with van der Waals surface area (Å²) in [4.78, 5) is 3.56. The highest BCUT2D eigenvalue weighted by Gasteiger charge is 1.85. The van der Waals surface area contributed by atoms with E-state index in [0.717, 1.165) is 0 Å². The standard InChI is InChI=1S/C10H8.C2H3N3/c1-2-6-10-8-4-3-7-9(10)5-1;1-3-2-5-4-1/h1-8H;1-2H,(H,3,4,5). The molecular weight excluding hydrogens is 186 g/mol. The first-order valence-electron chi connectivity index (χ1n) is 4.69. The van der Waals surface area contributed by atoms with Gasteiger partial charge in [-0.3, -0.25) is 5.10 Å². The summed E-state index contributed by atoms with van der Waals surface area (Å²) in [7, 11) is 0. The van der Waals surface area contributed by atoms with Crippen molar-refractivity contribution < 1.29 is 0 Å². The SMILES string of the molecule is c1ccc2ccccc2c1.c1nc[nH]n1. The second-order valence-electron chi connectivity index (χ2n) is 3.00. The number of rotatable bonds is 0. The number of fused-ring (bicyclic) bond motifs is 1. The summed E-state index contributed by atoms with van der Waals surface area (Å²) in [6, 6.07) is 16.7. The first-order chi connectivity index (χ1) is 7.47. The van der Waals surface area contributed by atoms with Crippen molar-refractivity contribution in [1.82, 2.24) is 15.2 Å². The molecule has 74 valence electrons. The molecule has 0 amide bonds. The molecule has 0 fully saturated rings. The van der Waals surface area contributed by atoms with Crippen molar-refractivity contribution in [3.63, 3.8) is 0 Å². The molecule has 3 aromatic rings. The van der Waals surface area contributed by atoms with E-state index in [1.165, 1.54) is 23.4 Å². The van der Waals surface area contributed by atoms with E-state index in [1.807, 2.05) is 0 Å². The van der Waals surface area contributed by atoms with E-state index < -0.39 is 0 Å². The van der Waals surface area contributed by atoms with Crippen LogP contribution >= 0.6 is 0 Å². The lowest BCUT2D eigenvalue weighted by Crippen LogP contribution is -1.67. The molecular formula is C12H11N3. The zero-order valence-electron chi connectivity index (χ0n) is 8.17. The summed E-state index contributed by atoms with van der Waals surface area (Å²) in [6.07, 6.45) is 2.96. The fraction of sp³-hybridized carbons (Fsp3) is 0. The van der Waals surface area contributed by atoms with E-state index in [1.54, 1.807) is 0 Å². The van der Waals surface area contributed by atoms with Crippen molar-refractivity contribution in [3.8, 4) is 0 Å². The van der Waals surface area contributed by atoms with E-state index in [4.69, 9.17) is 0 Å². The molecule has 1 heterocycles. The zero-order valence-corrected chi connectivity index (χ0v) is 8.17. The highest BCUT2D eigenvalue weighted by Crippen LogP contribution is 2.11. The van der Waals surface area contributed by atoms with Gasteiger partial charge >= 0.3 is 0 Å². The van der Waals surface area contributed by atoms with Crippen LogP contribution in [0.1, 0.15) is 0 Å². The van der Waals surface area contributed by atoms with E-state index in [2.05, 4.69) is 63.7 Å². The van der Waals surface area contributed by atoms with Crippen LogP contribution in [-0.4, -0.2) is 15.2 Å². The monoisotopic (exact) mass is 197 g/mol. The average Bonchev–Trinajstić information content (AvgIpc) is 2.88. The lowest BCUT2D eigenvalue weighted by molar-refractivity contribution is 1.09. The van der Waals surface area contributed by atoms with Gasteiger partial charge in [0.05, 0.1) is 0 Å². The Morgan fingerprint density at radius 2 is 1.33 bits per heavy atom. The van der Waals surface area contributed by atoms with Gasteiger partial charge < -0.3 is 0 Å². The number of nitrogens with one attached hydrogen (secondary N) is 1. The number of aromatic amines is 1. The van der Waals surface area contributed by atoms with Crippen LogP contribution in [0.5, 0.6) is 0 Å². The predicted octanol–water partition coefficient (Wildman–Crippen LogP) is 2.64. The molecule has 3 nitrogen and oxygen atoms in total. The van der Waals surface area contributed by atoms with Crippen molar-refractivity contribution in [1.29, 1.82) is 0 Å². The van der Waals surface area contributed by atoms with Crippen LogP contribution in [0.15, 0.2) is 61.2 Å². The van der Waals surface area contributed by atoms with E-state index in [9.17, 15) is 0 Å². The van der Waals surface area contributed by atoms with Crippen LogP contribution in [-0.2, 0) is 0 Å². The summed E-state index contributed by atoms with van der Waals surface area (Å²) < 4.78 is 0. The number of hydrogen-bond donors (Lipinski definition) is 1. The fourth-order valence-electron chi connectivity index (χ4n) is 1.30. The molecule has 0 saturated heterocycles. The molecule has 3 heteroatoms.